The lowest BCUT2D eigenvalue weighted by Gasteiger charge is -1.94. The van der Waals surface area contributed by atoms with Crippen molar-refractivity contribution in [1.82, 2.24) is 10.3 Å². The van der Waals surface area contributed by atoms with Crippen LogP contribution in [0, 0.1) is 5.21 Å². The first-order chi connectivity index (χ1) is 5.36. The molecular formula is C7H5N3O. The molecule has 0 radical (unpaired) electrons. The van der Waals surface area contributed by atoms with E-state index >= 15 is 0 Å². The third kappa shape index (κ3) is 0.980. The van der Waals surface area contributed by atoms with Crippen LogP contribution in [0.25, 0.3) is 10.9 Å². The van der Waals surface area contributed by atoms with E-state index in [9.17, 15) is 5.21 Å². The maximum atomic E-state index is 10.6. The van der Waals surface area contributed by atoms with E-state index in [1.165, 1.54) is 6.20 Å². The Morgan fingerprint density at radius 2 is 2.09 bits per heavy atom. The molecule has 0 spiro atoms. The Labute approximate surface area is 62.7 Å². The molecule has 4 heteroatoms. The van der Waals surface area contributed by atoms with Crippen molar-refractivity contribution in [2.75, 3.05) is 0 Å². The van der Waals surface area contributed by atoms with Crippen molar-refractivity contribution in [3.63, 3.8) is 0 Å². The van der Waals surface area contributed by atoms with Gasteiger partial charge < -0.3 is 5.21 Å². The Morgan fingerprint density at radius 3 is 3.00 bits per heavy atom. The van der Waals surface area contributed by atoms with E-state index in [2.05, 4.69) is 10.3 Å². The highest BCUT2D eigenvalue weighted by molar-refractivity contribution is 5.75. The fourth-order valence-corrected chi connectivity index (χ4v) is 0.925. The Kier molecular flexibility index (Phi) is 1.18. The number of benzene rings is 1. The zero-order chi connectivity index (χ0) is 7.68. The third-order valence-corrected chi connectivity index (χ3v) is 1.43. The second-order valence-electron chi connectivity index (χ2n) is 2.18. The van der Waals surface area contributed by atoms with Crippen molar-refractivity contribution in [1.29, 1.82) is 0 Å². The van der Waals surface area contributed by atoms with E-state index in [-0.39, 0.29) is 0 Å². The minimum Gasteiger partial charge on any atom is -0.691 e. The summed E-state index contributed by atoms with van der Waals surface area (Å²) in [6, 6.07) is 7.33. The molecule has 4 nitrogen and oxygen atoms in total. The van der Waals surface area contributed by atoms with Gasteiger partial charge in [0.25, 0.3) is 0 Å². The maximum Gasteiger partial charge on any atom is 0.214 e. The van der Waals surface area contributed by atoms with E-state index < -0.39 is 0 Å². The first-order valence-electron chi connectivity index (χ1n) is 3.18. The highest BCUT2D eigenvalue weighted by Gasteiger charge is 1.98. The van der Waals surface area contributed by atoms with Crippen LogP contribution in [0.2, 0.25) is 0 Å². The van der Waals surface area contributed by atoms with Gasteiger partial charge in [-0.05, 0) is 12.1 Å². The van der Waals surface area contributed by atoms with Gasteiger partial charge in [0.05, 0.1) is 10.5 Å². The fourth-order valence-electron chi connectivity index (χ4n) is 0.925. The normalized spacial score (nSPS) is 10.2. The molecule has 2 rings (SSSR count). The molecule has 0 fully saturated rings. The Balaban J connectivity index is 2.83. The number of aromatic nitrogens is 3. The van der Waals surface area contributed by atoms with Gasteiger partial charge in [0.2, 0.25) is 5.52 Å². The van der Waals surface area contributed by atoms with Crippen LogP contribution in [-0.2, 0) is 0 Å². The molecule has 0 aliphatic carbocycles. The van der Waals surface area contributed by atoms with E-state index in [0.29, 0.717) is 4.85 Å². The molecule has 0 saturated carbocycles. The summed E-state index contributed by atoms with van der Waals surface area (Å²) in [7, 11) is 0. The molecule has 0 aliphatic rings. The van der Waals surface area contributed by atoms with Crippen LogP contribution in [0.5, 0.6) is 0 Å². The summed E-state index contributed by atoms with van der Waals surface area (Å²) < 4.78 is 0. The fraction of sp³-hybridized carbons (Fsp3) is 0. The first kappa shape index (κ1) is 6.03. The predicted molar refractivity (Wildman–Crippen MR) is 38.5 cm³/mol. The average molecular weight is 147 g/mol. The number of fused-ring (bicyclic) bond motifs is 1. The largest absolute Gasteiger partial charge is 0.691 e. The summed E-state index contributed by atoms with van der Waals surface area (Å²) in [6.45, 7) is 0. The predicted octanol–water partition coefficient (Wildman–Crippen LogP) is 0.263. The monoisotopic (exact) mass is 147 g/mol. The quantitative estimate of drug-likeness (QED) is 0.397. The van der Waals surface area contributed by atoms with E-state index in [4.69, 9.17) is 0 Å². The Bertz CT molecular complexity index is 388. The molecule has 1 aromatic carbocycles. The number of hydrogen-bond acceptors (Lipinski definition) is 3. The molecule has 0 amide bonds. The number of nitrogens with zero attached hydrogens (tertiary/aromatic N) is 3. The zero-order valence-corrected chi connectivity index (χ0v) is 5.64. The van der Waals surface area contributed by atoms with Crippen molar-refractivity contribution < 1.29 is 4.85 Å². The van der Waals surface area contributed by atoms with Gasteiger partial charge in [-0.2, -0.15) is 0 Å². The highest BCUT2D eigenvalue weighted by atomic mass is 16.5. The summed E-state index contributed by atoms with van der Waals surface area (Å²) in [5, 5.41) is 18.4. The summed E-state index contributed by atoms with van der Waals surface area (Å²) in [6.07, 6.45) is 1.39. The second kappa shape index (κ2) is 2.16. The molecular weight excluding hydrogens is 142 g/mol. The van der Waals surface area contributed by atoms with Crippen LogP contribution < -0.4 is 4.85 Å². The molecule has 0 bridgehead atoms. The molecule has 54 valence electrons. The van der Waals surface area contributed by atoms with Crippen LogP contribution >= 0.6 is 0 Å². The van der Waals surface area contributed by atoms with Gasteiger partial charge in [0, 0.05) is 0 Å². The third-order valence-electron chi connectivity index (χ3n) is 1.43. The lowest BCUT2D eigenvalue weighted by Crippen LogP contribution is -2.31. The summed E-state index contributed by atoms with van der Waals surface area (Å²) in [5.41, 5.74) is 0.736. The van der Waals surface area contributed by atoms with Crippen LogP contribution in [0.4, 0.5) is 0 Å². The van der Waals surface area contributed by atoms with E-state index in [1.807, 2.05) is 24.3 Å². The molecule has 11 heavy (non-hydrogen) atoms. The zero-order valence-electron chi connectivity index (χ0n) is 5.64. The van der Waals surface area contributed by atoms with Crippen molar-refractivity contribution in [2.45, 2.75) is 0 Å². The summed E-state index contributed by atoms with van der Waals surface area (Å²) in [4.78, 5) is 0.447. The molecule has 0 aliphatic heterocycles. The highest BCUT2D eigenvalue weighted by Crippen LogP contribution is 2.04. The minimum absolute atomic E-state index is 0.447. The smallest absolute Gasteiger partial charge is 0.214 e. The summed E-state index contributed by atoms with van der Waals surface area (Å²) >= 11 is 0. The van der Waals surface area contributed by atoms with E-state index in [1.54, 1.807) is 0 Å². The minimum atomic E-state index is 0.447. The van der Waals surface area contributed by atoms with Crippen LogP contribution in [0.3, 0.4) is 0 Å². The van der Waals surface area contributed by atoms with Crippen LogP contribution in [0.1, 0.15) is 0 Å². The van der Waals surface area contributed by atoms with Crippen LogP contribution in [0.15, 0.2) is 30.5 Å². The SMILES string of the molecule is [O-][n+]1cc2ccccc2nn1. The molecule has 1 aromatic heterocycles. The molecule has 0 N–H and O–H groups in total. The van der Waals surface area contributed by atoms with Crippen molar-refractivity contribution in [3.05, 3.63) is 35.7 Å². The van der Waals surface area contributed by atoms with Crippen LogP contribution in [-0.4, -0.2) is 10.3 Å². The molecule has 1 heterocycles. The summed E-state index contributed by atoms with van der Waals surface area (Å²) in [5.74, 6) is 0. The van der Waals surface area contributed by atoms with Crippen molar-refractivity contribution in [3.8, 4) is 0 Å². The van der Waals surface area contributed by atoms with Gasteiger partial charge in [-0.1, -0.05) is 12.1 Å². The number of rotatable bonds is 0. The molecule has 0 atom stereocenters. The van der Waals surface area contributed by atoms with Gasteiger partial charge in [-0.25, -0.2) is 0 Å². The molecule has 2 aromatic rings. The Morgan fingerprint density at radius 1 is 1.27 bits per heavy atom. The Hall–Kier alpha value is -1.71. The second-order valence-corrected chi connectivity index (χ2v) is 2.18. The lowest BCUT2D eigenvalue weighted by molar-refractivity contribution is -0.673. The van der Waals surface area contributed by atoms with Gasteiger partial charge in [0.1, 0.15) is 11.4 Å². The average Bonchev–Trinajstić information content (AvgIpc) is 2.04. The lowest BCUT2D eigenvalue weighted by atomic mass is 10.2. The first-order valence-corrected chi connectivity index (χ1v) is 3.18. The van der Waals surface area contributed by atoms with Crippen molar-refractivity contribution in [2.24, 2.45) is 0 Å². The number of hydrogen-bond donors (Lipinski definition) is 0. The van der Waals surface area contributed by atoms with E-state index in [0.717, 1.165) is 10.9 Å². The van der Waals surface area contributed by atoms with Crippen molar-refractivity contribution >= 4 is 10.9 Å². The molecule has 0 saturated heterocycles. The van der Waals surface area contributed by atoms with Gasteiger partial charge in [-0.3, -0.25) is 0 Å². The topological polar surface area (TPSA) is 52.7 Å². The standard InChI is InChI=1S/C7H5N3O/c11-10-5-6-3-1-2-4-7(6)8-9-10/h1-5H. The maximum absolute atomic E-state index is 10.6. The van der Waals surface area contributed by atoms with Gasteiger partial charge >= 0.3 is 0 Å². The molecule has 0 unspecified atom stereocenters. The van der Waals surface area contributed by atoms with Gasteiger partial charge in [0.15, 0.2) is 0 Å². The van der Waals surface area contributed by atoms with Gasteiger partial charge in [-0.15, -0.1) is 4.85 Å².